The Kier molecular flexibility index (Phi) is 3.85. The van der Waals surface area contributed by atoms with Gasteiger partial charge in [-0.1, -0.05) is 5.57 Å². The average Bonchev–Trinajstić information content (AvgIpc) is 2.40. The molecule has 3 nitrogen and oxygen atoms in total. The smallest absolute Gasteiger partial charge is 0.267 e. The number of benzene rings is 1. The summed E-state index contributed by atoms with van der Waals surface area (Å²) in [7, 11) is 0. The van der Waals surface area contributed by atoms with Gasteiger partial charge < -0.3 is 0 Å². The number of hydrogen-bond donors (Lipinski definition) is 0. The van der Waals surface area contributed by atoms with Crippen LogP contribution in [0, 0.1) is 0 Å². The molecule has 0 saturated heterocycles. The molecule has 108 valence electrons. The van der Waals surface area contributed by atoms with Crippen LogP contribution in [0.4, 0.5) is 13.2 Å². The average molecular weight is 285 g/mol. The molecule has 1 aromatic rings. The van der Waals surface area contributed by atoms with E-state index in [0.717, 1.165) is 35.4 Å². The van der Waals surface area contributed by atoms with E-state index in [1.165, 1.54) is 5.06 Å². The summed E-state index contributed by atoms with van der Waals surface area (Å²) >= 11 is 0. The summed E-state index contributed by atoms with van der Waals surface area (Å²) in [5, 5.41) is 1.17. The van der Waals surface area contributed by atoms with Gasteiger partial charge in [-0.3, -0.25) is 9.63 Å². The van der Waals surface area contributed by atoms with Crippen molar-refractivity contribution in [3.05, 3.63) is 46.5 Å². The number of amides is 1. The lowest BCUT2D eigenvalue weighted by atomic mass is 10.1. The van der Waals surface area contributed by atoms with Crippen LogP contribution in [0.1, 0.15) is 29.8 Å². The number of halogens is 3. The quantitative estimate of drug-likeness (QED) is 0.740. The molecule has 1 heterocycles. The summed E-state index contributed by atoms with van der Waals surface area (Å²) in [5.41, 5.74) is 1.48. The molecule has 1 aliphatic rings. The highest BCUT2D eigenvalue weighted by atomic mass is 19.4. The van der Waals surface area contributed by atoms with Crippen molar-refractivity contribution < 1.29 is 22.8 Å². The lowest BCUT2D eigenvalue weighted by Gasteiger charge is -2.27. The summed E-state index contributed by atoms with van der Waals surface area (Å²) in [4.78, 5) is 17.4. The van der Waals surface area contributed by atoms with Crippen LogP contribution in [-0.4, -0.2) is 24.1 Å². The normalized spacial score (nSPS) is 16.6. The third-order valence-corrected chi connectivity index (χ3v) is 3.23. The van der Waals surface area contributed by atoms with Crippen LogP contribution in [0.15, 0.2) is 35.4 Å². The molecule has 0 radical (unpaired) electrons. The third-order valence-electron chi connectivity index (χ3n) is 3.23. The summed E-state index contributed by atoms with van der Waals surface area (Å²) in [6.07, 6.45) is -4.40. The molecule has 20 heavy (non-hydrogen) atoms. The van der Waals surface area contributed by atoms with E-state index in [4.69, 9.17) is 4.84 Å². The molecule has 0 N–H and O–H groups in total. The van der Waals surface area contributed by atoms with E-state index >= 15 is 0 Å². The van der Waals surface area contributed by atoms with Crippen molar-refractivity contribution >= 4 is 5.91 Å². The first kappa shape index (κ1) is 14.6. The van der Waals surface area contributed by atoms with Gasteiger partial charge in [0.05, 0.1) is 18.7 Å². The summed E-state index contributed by atoms with van der Waals surface area (Å²) in [6.45, 7) is 4.45. The van der Waals surface area contributed by atoms with Crippen molar-refractivity contribution in [2.24, 2.45) is 0 Å². The molecule has 0 fully saturated rings. The lowest BCUT2D eigenvalue weighted by molar-refractivity contribution is -0.137. The van der Waals surface area contributed by atoms with Gasteiger partial charge in [-0.05, 0) is 43.7 Å². The van der Waals surface area contributed by atoms with Gasteiger partial charge in [0.25, 0.3) is 5.91 Å². The standard InChI is InChI=1S/C14H14F3NO2/c1-9-7-18(20-8-10(9)2)13(19)11-3-5-12(6-4-11)14(15,16)17/h3-6H,7-8H2,1-2H3. The minimum Gasteiger partial charge on any atom is -0.267 e. The molecule has 0 aromatic heterocycles. The maximum atomic E-state index is 12.4. The van der Waals surface area contributed by atoms with Gasteiger partial charge in [-0.2, -0.15) is 13.2 Å². The largest absolute Gasteiger partial charge is 0.416 e. The van der Waals surface area contributed by atoms with E-state index in [1.54, 1.807) is 0 Å². The zero-order chi connectivity index (χ0) is 14.9. The number of hydroxylamine groups is 2. The fraction of sp³-hybridized carbons (Fsp3) is 0.357. The van der Waals surface area contributed by atoms with E-state index in [9.17, 15) is 18.0 Å². The Balaban J connectivity index is 2.15. The number of hydrogen-bond acceptors (Lipinski definition) is 2. The Morgan fingerprint density at radius 2 is 1.75 bits per heavy atom. The predicted molar refractivity (Wildman–Crippen MR) is 66.8 cm³/mol. The van der Waals surface area contributed by atoms with Gasteiger partial charge in [-0.15, -0.1) is 0 Å². The van der Waals surface area contributed by atoms with Crippen LogP contribution in [0.3, 0.4) is 0 Å². The summed E-state index contributed by atoms with van der Waals surface area (Å²) in [5.74, 6) is -0.439. The summed E-state index contributed by atoms with van der Waals surface area (Å²) < 4.78 is 37.3. The Hall–Kier alpha value is -1.82. The molecule has 6 heteroatoms. The third kappa shape index (κ3) is 3.01. The maximum absolute atomic E-state index is 12.4. The van der Waals surface area contributed by atoms with Crippen LogP contribution in [-0.2, 0) is 11.0 Å². The number of carbonyl (C=O) groups excluding carboxylic acids is 1. The molecule has 0 unspecified atom stereocenters. The van der Waals surface area contributed by atoms with Gasteiger partial charge in [-0.25, -0.2) is 5.06 Å². The van der Waals surface area contributed by atoms with Crippen molar-refractivity contribution in [3.63, 3.8) is 0 Å². The zero-order valence-electron chi connectivity index (χ0n) is 11.1. The molecule has 1 amide bonds. The minimum atomic E-state index is -4.40. The van der Waals surface area contributed by atoms with Gasteiger partial charge in [0.1, 0.15) is 0 Å². The van der Waals surface area contributed by atoms with E-state index in [1.807, 2.05) is 13.8 Å². The van der Waals surface area contributed by atoms with Crippen molar-refractivity contribution in [1.82, 2.24) is 5.06 Å². The maximum Gasteiger partial charge on any atom is 0.416 e. The van der Waals surface area contributed by atoms with E-state index < -0.39 is 17.6 Å². The van der Waals surface area contributed by atoms with Gasteiger partial charge in [0.15, 0.2) is 0 Å². The van der Waals surface area contributed by atoms with Gasteiger partial charge >= 0.3 is 6.18 Å². The fourth-order valence-electron chi connectivity index (χ4n) is 1.77. The Morgan fingerprint density at radius 3 is 2.25 bits per heavy atom. The van der Waals surface area contributed by atoms with Gasteiger partial charge in [0, 0.05) is 5.56 Å². The van der Waals surface area contributed by atoms with Crippen LogP contribution in [0.5, 0.6) is 0 Å². The number of carbonyl (C=O) groups is 1. The van der Waals surface area contributed by atoms with E-state index in [-0.39, 0.29) is 5.56 Å². The molecule has 0 spiro atoms. The zero-order valence-corrected chi connectivity index (χ0v) is 11.1. The molecular formula is C14H14F3NO2. The van der Waals surface area contributed by atoms with Crippen LogP contribution in [0.25, 0.3) is 0 Å². The minimum absolute atomic E-state index is 0.172. The highest BCUT2D eigenvalue weighted by molar-refractivity contribution is 5.93. The first-order chi connectivity index (χ1) is 9.29. The molecule has 0 aliphatic carbocycles. The van der Waals surface area contributed by atoms with Crippen LogP contribution >= 0.6 is 0 Å². The molecule has 0 bridgehead atoms. The van der Waals surface area contributed by atoms with Crippen molar-refractivity contribution in [2.75, 3.05) is 13.2 Å². The van der Waals surface area contributed by atoms with Gasteiger partial charge in [0.2, 0.25) is 0 Å². The van der Waals surface area contributed by atoms with Crippen molar-refractivity contribution in [2.45, 2.75) is 20.0 Å². The van der Waals surface area contributed by atoms with E-state index in [2.05, 4.69) is 0 Å². The van der Waals surface area contributed by atoms with E-state index in [0.29, 0.717) is 13.2 Å². The lowest BCUT2D eigenvalue weighted by Crippen LogP contribution is -2.36. The molecular weight excluding hydrogens is 271 g/mol. The molecule has 0 saturated carbocycles. The van der Waals surface area contributed by atoms with Crippen LogP contribution < -0.4 is 0 Å². The predicted octanol–water partition coefficient (Wildman–Crippen LogP) is 3.43. The highest BCUT2D eigenvalue weighted by Crippen LogP contribution is 2.29. The molecule has 1 aromatic carbocycles. The Labute approximate surface area is 114 Å². The molecule has 2 rings (SSSR count). The van der Waals surface area contributed by atoms with Crippen LogP contribution in [0.2, 0.25) is 0 Å². The number of nitrogens with zero attached hydrogens (tertiary/aromatic N) is 1. The SMILES string of the molecule is CC1=C(C)CN(C(=O)c2ccc(C(F)(F)F)cc2)OC1. The monoisotopic (exact) mass is 285 g/mol. The second kappa shape index (κ2) is 5.28. The second-order valence-corrected chi connectivity index (χ2v) is 4.75. The number of alkyl halides is 3. The first-order valence-electron chi connectivity index (χ1n) is 6.06. The molecule has 0 atom stereocenters. The fourth-order valence-corrected chi connectivity index (χ4v) is 1.77. The summed E-state index contributed by atoms with van der Waals surface area (Å²) in [6, 6.07) is 4.11. The second-order valence-electron chi connectivity index (χ2n) is 4.75. The van der Waals surface area contributed by atoms with Crippen molar-refractivity contribution in [1.29, 1.82) is 0 Å². The van der Waals surface area contributed by atoms with Crippen molar-refractivity contribution in [3.8, 4) is 0 Å². The highest BCUT2D eigenvalue weighted by Gasteiger charge is 2.30. The Bertz CT molecular complexity index is 547. The number of rotatable bonds is 1. The Morgan fingerprint density at radius 1 is 1.15 bits per heavy atom. The first-order valence-corrected chi connectivity index (χ1v) is 6.06. The molecule has 1 aliphatic heterocycles. The topological polar surface area (TPSA) is 29.5 Å².